The first-order valence-electron chi connectivity index (χ1n) is 10.0. The summed E-state index contributed by atoms with van der Waals surface area (Å²) in [6.45, 7) is 3.77. The molecule has 0 saturated carbocycles. The van der Waals surface area contributed by atoms with Crippen LogP contribution >= 0.6 is 0 Å². The van der Waals surface area contributed by atoms with Gasteiger partial charge >= 0.3 is 0 Å². The van der Waals surface area contributed by atoms with Crippen molar-refractivity contribution in [2.24, 2.45) is 0 Å². The Bertz CT molecular complexity index is 1330. The maximum atomic E-state index is 13.9. The van der Waals surface area contributed by atoms with Gasteiger partial charge in [-0.25, -0.2) is 13.8 Å². The molecule has 2 aromatic carbocycles. The zero-order chi connectivity index (χ0) is 22.4. The van der Waals surface area contributed by atoms with E-state index in [4.69, 9.17) is 0 Å². The summed E-state index contributed by atoms with van der Waals surface area (Å²) in [7, 11) is 0. The molecule has 7 nitrogen and oxygen atoms in total. The van der Waals surface area contributed by atoms with E-state index >= 15 is 0 Å². The van der Waals surface area contributed by atoms with Crippen molar-refractivity contribution < 1.29 is 13.6 Å². The van der Waals surface area contributed by atoms with Crippen LogP contribution in [0.4, 0.5) is 14.6 Å². The van der Waals surface area contributed by atoms with E-state index in [0.29, 0.717) is 28.3 Å². The van der Waals surface area contributed by atoms with Crippen LogP contribution in [-0.4, -0.2) is 30.9 Å². The lowest BCUT2D eigenvalue weighted by Gasteiger charge is -2.24. The summed E-state index contributed by atoms with van der Waals surface area (Å²) in [6, 6.07) is 11.1. The van der Waals surface area contributed by atoms with Gasteiger partial charge < -0.3 is 5.32 Å². The predicted octanol–water partition coefficient (Wildman–Crippen LogP) is 4.09. The highest BCUT2D eigenvalue weighted by atomic mass is 19.1. The predicted molar refractivity (Wildman–Crippen MR) is 113 cm³/mol. The third-order valence-electron chi connectivity index (χ3n) is 5.47. The zero-order valence-corrected chi connectivity index (χ0v) is 17.3. The summed E-state index contributed by atoms with van der Waals surface area (Å²) in [4.78, 5) is 17.1. The van der Waals surface area contributed by atoms with Crippen LogP contribution in [0.25, 0.3) is 17.2 Å². The second-order valence-corrected chi connectivity index (χ2v) is 7.77. The Morgan fingerprint density at radius 3 is 2.50 bits per heavy atom. The van der Waals surface area contributed by atoms with Crippen molar-refractivity contribution in [3.05, 3.63) is 82.7 Å². The van der Waals surface area contributed by atoms with Gasteiger partial charge in [0.25, 0.3) is 5.95 Å². The second-order valence-electron chi connectivity index (χ2n) is 7.77. The van der Waals surface area contributed by atoms with Crippen LogP contribution in [0.1, 0.15) is 34.7 Å². The maximum Gasteiger partial charge on any atom is 0.272 e. The van der Waals surface area contributed by atoms with E-state index in [9.17, 15) is 13.6 Å². The molecule has 1 atom stereocenters. The Balaban J connectivity index is 1.62. The molecular formula is C23H18F2N6O. The molecule has 0 aliphatic carbocycles. The molecule has 0 bridgehead atoms. The van der Waals surface area contributed by atoms with Crippen molar-refractivity contribution in [3.63, 3.8) is 0 Å². The number of hydrogen-bond donors (Lipinski definition) is 1. The van der Waals surface area contributed by atoms with Crippen molar-refractivity contribution in [3.8, 4) is 17.2 Å². The molecule has 0 unspecified atom stereocenters. The van der Waals surface area contributed by atoms with Gasteiger partial charge in [0.2, 0.25) is 5.91 Å². The van der Waals surface area contributed by atoms with E-state index in [1.54, 1.807) is 13.1 Å². The van der Waals surface area contributed by atoms with Gasteiger partial charge in [0, 0.05) is 29.5 Å². The number of amides is 1. The van der Waals surface area contributed by atoms with Crippen molar-refractivity contribution in [1.29, 1.82) is 0 Å². The van der Waals surface area contributed by atoms with Crippen molar-refractivity contribution >= 4 is 11.7 Å². The third-order valence-corrected chi connectivity index (χ3v) is 5.47. The van der Waals surface area contributed by atoms with Crippen molar-refractivity contribution in [2.45, 2.75) is 26.2 Å². The first-order valence-corrected chi connectivity index (χ1v) is 10.0. The number of hydrogen-bond acceptors (Lipinski definition) is 5. The lowest BCUT2D eigenvalue weighted by Crippen LogP contribution is -2.25. The molecule has 0 radical (unpaired) electrons. The number of aromatic nitrogens is 5. The monoisotopic (exact) mass is 432 g/mol. The van der Waals surface area contributed by atoms with Crippen LogP contribution < -0.4 is 5.32 Å². The molecule has 9 heteroatoms. The van der Waals surface area contributed by atoms with Crippen LogP contribution in [0, 0.1) is 25.5 Å². The number of carbonyl (C=O) groups excluding carboxylic acids is 1. The van der Waals surface area contributed by atoms with Crippen molar-refractivity contribution in [1.82, 2.24) is 25.0 Å². The first-order chi connectivity index (χ1) is 15.4. The minimum absolute atomic E-state index is 0.0466. The standard InChI is InChI=1S/C23H18F2N6O/c1-12-3-5-14(6-4-12)19-11-26-29-23(27-19)31-22-21(13(2)30-31)18(10-20(32)28-22)15-7-16(24)9-17(25)8-15/h3-9,11,18H,10H2,1-2H3,(H,28,32)/t18-/m0/s1. The number of halogens is 2. The van der Waals surface area contributed by atoms with Gasteiger partial charge in [-0.1, -0.05) is 29.8 Å². The van der Waals surface area contributed by atoms with Crippen molar-refractivity contribution in [2.75, 3.05) is 5.32 Å². The molecule has 5 rings (SSSR count). The zero-order valence-electron chi connectivity index (χ0n) is 17.3. The fourth-order valence-corrected chi connectivity index (χ4v) is 4.00. The molecule has 4 aromatic rings. The Morgan fingerprint density at radius 1 is 1.06 bits per heavy atom. The fourth-order valence-electron chi connectivity index (χ4n) is 4.00. The molecule has 0 saturated heterocycles. The number of anilines is 1. The number of carbonyl (C=O) groups is 1. The quantitative estimate of drug-likeness (QED) is 0.527. The number of aryl methyl sites for hydroxylation is 2. The molecule has 1 N–H and O–H groups in total. The van der Waals surface area contributed by atoms with Gasteiger partial charge in [0.05, 0.1) is 17.6 Å². The lowest BCUT2D eigenvalue weighted by molar-refractivity contribution is -0.116. The summed E-state index contributed by atoms with van der Waals surface area (Å²) in [6.07, 6.45) is 1.60. The normalized spacial score (nSPS) is 15.4. The van der Waals surface area contributed by atoms with Gasteiger partial charge in [-0.2, -0.15) is 14.9 Å². The van der Waals surface area contributed by atoms with Gasteiger partial charge in [-0.3, -0.25) is 4.79 Å². The van der Waals surface area contributed by atoms with Crippen LogP contribution in [0.3, 0.4) is 0 Å². The second kappa shape index (κ2) is 7.60. The van der Waals surface area contributed by atoms with Gasteiger partial charge in [-0.05, 0) is 31.5 Å². The van der Waals surface area contributed by atoms with Crippen LogP contribution in [-0.2, 0) is 4.79 Å². The summed E-state index contributed by atoms with van der Waals surface area (Å²) in [5, 5.41) is 15.5. The molecule has 1 aliphatic rings. The molecule has 2 aromatic heterocycles. The fraction of sp³-hybridized carbons (Fsp3) is 0.174. The molecule has 3 heterocycles. The van der Waals surface area contributed by atoms with E-state index in [1.807, 2.05) is 31.2 Å². The van der Waals surface area contributed by atoms with E-state index < -0.39 is 17.6 Å². The molecule has 0 spiro atoms. The number of nitrogens with one attached hydrogen (secondary N) is 1. The Morgan fingerprint density at radius 2 is 1.78 bits per heavy atom. The first kappa shape index (κ1) is 19.9. The number of rotatable bonds is 3. The van der Waals surface area contributed by atoms with E-state index in [-0.39, 0.29) is 18.3 Å². The molecule has 1 amide bonds. The highest BCUT2D eigenvalue weighted by Crippen LogP contribution is 2.40. The number of fused-ring (bicyclic) bond motifs is 1. The summed E-state index contributed by atoms with van der Waals surface area (Å²) < 4.78 is 29.1. The molecular weight excluding hydrogens is 414 g/mol. The van der Waals surface area contributed by atoms with Gasteiger partial charge in [0.15, 0.2) is 0 Å². The van der Waals surface area contributed by atoms with E-state index in [1.165, 1.54) is 16.8 Å². The third kappa shape index (κ3) is 3.51. The Hall–Kier alpha value is -4.01. The highest BCUT2D eigenvalue weighted by molar-refractivity contribution is 5.95. The van der Waals surface area contributed by atoms with Crippen LogP contribution in [0.15, 0.2) is 48.7 Å². The minimum atomic E-state index is -0.698. The van der Waals surface area contributed by atoms with Crippen LogP contribution in [0.5, 0.6) is 0 Å². The Labute approximate surface area is 182 Å². The molecule has 160 valence electrons. The minimum Gasteiger partial charge on any atom is -0.310 e. The maximum absolute atomic E-state index is 13.9. The molecule has 1 aliphatic heterocycles. The van der Waals surface area contributed by atoms with E-state index in [0.717, 1.165) is 17.2 Å². The highest BCUT2D eigenvalue weighted by Gasteiger charge is 2.33. The molecule has 0 fully saturated rings. The van der Waals surface area contributed by atoms with Gasteiger partial charge in [0.1, 0.15) is 17.5 Å². The largest absolute Gasteiger partial charge is 0.310 e. The Kier molecular flexibility index (Phi) is 4.73. The smallest absolute Gasteiger partial charge is 0.272 e. The average Bonchev–Trinajstić information content (AvgIpc) is 3.09. The summed E-state index contributed by atoms with van der Waals surface area (Å²) in [5.41, 5.74) is 4.21. The van der Waals surface area contributed by atoms with Crippen LogP contribution in [0.2, 0.25) is 0 Å². The summed E-state index contributed by atoms with van der Waals surface area (Å²) >= 11 is 0. The topological polar surface area (TPSA) is 85.6 Å². The number of benzene rings is 2. The van der Waals surface area contributed by atoms with Gasteiger partial charge in [-0.15, -0.1) is 5.10 Å². The lowest BCUT2D eigenvalue weighted by atomic mass is 9.85. The number of nitrogens with zero attached hydrogens (tertiary/aromatic N) is 5. The molecule has 32 heavy (non-hydrogen) atoms. The van der Waals surface area contributed by atoms with E-state index in [2.05, 4.69) is 25.6 Å². The average molecular weight is 432 g/mol. The summed E-state index contributed by atoms with van der Waals surface area (Å²) in [5.74, 6) is -1.69. The SMILES string of the molecule is Cc1ccc(-c2cnnc(-n3nc(C)c4c3NC(=O)C[C@H]4c3cc(F)cc(F)c3)n2)cc1.